The van der Waals surface area contributed by atoms with E-state index < -0.39 is 27.8 Å². The predicted octanol–water partition coefficient (Wildman–Crippen LogP) is 1.69. The highest BCUT2D eigenvalue weighted by atomic mass is 32.2. The number of hydrogen-bond donors (Lipinski definition) is 1. The molecule has 0 saturated carbocycles. The fraction of sp³-hybridized carbons (Fsp3) is 0.286. The van der Waals surface area contributed by atoms with Gasteiger partial charge in [0.15, 0.2) is 16.8 Å². The van der Waals surface area contributed by atoms with E-state index in [2.05, 4.69) is 9.72 Å². The van der Waals surface area contributed by atoms with Crippen molar-refractivity contribution in [2.24, 2.45) is 0 Å². The lowest BCUT2D eigenvalue weighted by Gasteiger charge is -2.10. The summed E-state index contributed by atoms with van der Waals surface area (Å²) in [7, 11) is 1.15. The standard InChI is InChI=1S/C7H6F3NO3S/c1-14-5-3-2-4(15(12)13)6(11-5)7(8,9)10/h2-3H,1H3,(H,12,13). The van der Waals surface area contributed by atoms with Crippen molar-refractivity contribution < 1.29 is 26.7 Å². The van der Waals surface area contributed by atoms with Crippen LogP contribution in [-0.2, 0) is 17.3 Å². The predicted molar refractivity (Wildman–Crippen MR) is 44.8 cm³/mol. The summed E-state index contributed by atoms with van der Waals surface area (Å²) in [5.41, 5.74) is -1.41. The summed E-state index contributed by atoms with van der Waals surface area (Å²) in [6.07, 6.45) is -4.79. The first-order valence-electron chi connectivity index (χ1n) is 3.59. The lowest BCUT2D eigenvalue weighted by Crippen LogP contribution is -2.13. The van der Waals surface area contributed by atoms with Crippen LogP contribution in [0.3, 0.4) is 0 Å². The molecule has 0 fully saturated rings. The van der Waals surface area contributed by atoms with E-state index >= 15 is 0 Å². The zero-order chi connectivity index (χ0) is 11.6. The van der Waals surface area contributed by atoms with Crippen LogP contribution in [0.15, 0.2) is 17.0 Å². The highest BCUT2D eigenvalue weighted by molar-refractivity contribution is 7.79. The topological polar surface area (TPSA) is 59.4 Å². The second-order valence-electron chi connectivity index (χ2n) is 2.45. The Kier molecular flexibility index (Phi) is 3.30. The van der Waals surface area contributed by atoms with Gasteiger partial charge in [-0.3, -0.25) is 0 Å². The number of methoxy groups -OCH3 is 1. The van der Waals surface area contributed by atoms with Gasteiger partial charge in [0.2, 0.25) is 5.88 Å². The third-order valence-electron chi connectivity index (χ3n) is 1.50. The van der Waals surface area contributed by atoms with Crippen LogP contribution < -0.4 is 4.74 Å². The lowest BCUT2D eigenvalue weighted by molar-refractivity contribution is -0.143. The molecule has 1 unspecified atom stereocenters. The minimum absolute atomic E-state index is 0.267. The van der Waals surface area contributed by atoms with Crippen molar-refractivity contribution >= 4 is 11.1 Å². The average molecular weight is 241 g/mol. The highest BCUT2D eigenvalue weighted by Crippen LogP contribution is 2.32. The smallest absolute Gasteiger partial charge is 0.434 e. The molecular weight excluding hydrogens is 235 g/mol. The molecule has 8 heteroatoms. The molecule has 0 amide bonds. The third-order valence-corrected chi connectivity index (χ3v) is 2.20. The van der Waals surface area contributed by atoms with E-state index in [4.69, 9.17) is 4.55 Å². The maximum absolute atomic E-state index is 12.4. The van der Waals surface area contributed by atoms with Crippen molar-refractivity contribution in [2.45, 2.75) is 11.1 Å². The van der Waals surface area contributed by atoms with Gasteiger partial charge in [0.25, 0.3) is 0 Å². The zero-order valence-electron chi connectivity index (χ0n) is 7.41. The third kappa shape index (κ3) is 2.66. The molecule has 0 aliphatic carbocycles. The summed E-state index contributed by atoms with van der Waals surface area (Å²) < 4.78 is 60.8. The van der Waals surface area contributed by atoms with E-state index in [1.54, 1.807) is 0 Å². The molecule has 1 rings (SSSR count). The number of alkyl halides is 3. The van der Waals surface area contributed by atoms with Crippen LogP contribution in [0.25, 0.3) is 0 Å². The monoisotopic (exact) mass is 241 g/mol. The Morgan fingerprint density at radius 2 is 2.07 bits per heavy atom. The molecule has 4 nitrogen and oxygen atoms in total. The molecule has 1 aromatic heterocycles. The summed E-state index contributed by atoms with van der Waals surface area (Å²) in [5.74, 6) is -0.267. The second-order valence-corrected chi connectivity index (χ2v) is 3.39. The maximum atomic E-state index is 12.4. The van der Waals surface area contributed by atoms with Gasteiger partial charge >= 0.3 is 6.18 Å². The van der Waals surface area contributed by atoms with Crippen LogP contribution >= 0.6 is 0 Å². The van der Waals surface area contributed by atoms with Crippen LogP contribution in [-0.4, -0.2) is 20.9 Å². The molecule has 0 aliphatic rings. The van der Waals surface area contributed by atoms with E-state index in [1.165, 1.54) is 0 Å². The summed E-state index contributed by atoms with van der Waals surface area (Å²) in [6.45, 7) is 0. The van der Waals surface area contributed by atoms with Crippen LogP contribution in [0.1, 0.15) is 5.69 Å². The van der Waals surface area contributed by atoms with E-state index in [0.29, 0.717) is 0 Å². The SMILES string of the molecule is COc1ccc(S(=O)O)c(C(F)(F)F)n1. The van der Waals surface area contributed by atoms with Gasteiger partial charge in [-0.1, -0.05) is 0 Å². The number of pyridine rings is 1. The Labute approximate surface area is 85.4 Å². The van der Waals surface area contributed by atoms with Crippen LogP contribution in [0.5, 0.6) is 5.88 Å². The molecule has 15 heavy (non-hydrogen) atoms. The molecule has 0 aromatic carbocycles. The number of nitrogens with zero attached hydrogens (tertiary/aromatic N) is 1. The Bertz CT molecular complexity index is 394. The molecule has 1 aromatic rings. The van der Waals surface area contributed by atoms with Gasteiger partial charge in [-0.15, -0.1) is 0 Å². The van der Waals surface area contributed by atoms with Crippen molar-refractivity contribution in [1.29, 1.82) is 0 Å². The number of aromatic nitrogens is 1. The summed E-state index contributed by atoms with van der Waals surface area (Å²) in [6, 6.07) is 1.93. The van der Waals surface area contributed by atoms with Gasteiger partial charge in [-0.25, -0.2) is 9.19 Å². The van der Waals surface area contributed by atoms with Crippen LogP contribution in [0.4, 0.5) is 13.2 Å². The average Bonchev–Trinajstić information content (AvgIpc) is 2.15. The summed E-state index contributed by atoms with van der Waals surface area (Å²) in [4.78, 5) is 2.29. The lowest BCUT2D eigenvalue weighted by atomic mass is 10.3. The van der Waals surface area contributed by atoms with Crippen molar-refractivity contribution in [1.82, 2.24) is 4.98 Å². The first-order chi connectivity index (χ1) is 6.86. The molecule has 0 saturated heterocycles. The molecule has 0 radical (unpaired) electrons. The van der Waals surface area contributed by atoms with Crippen LogP contribution in [0, 0.1) is 0 Å². The molecule has 0 spiro atoms. The molecule has 84 valence electrons. The number of rotatable bonds is 2. The minimum Gasteiger partial charge on any atom is -0.481 e. The molecule has 1 atom stereocenters. The van der Waals surface area contributed by atoms with Crippen LogP contribution in [0.2, 0.25) is 0 Å². The van der Waals surface area contributed by atoms with Gasteiger partial charge in [0, 0.05) is 6.07 Å². The van der Waals surface area contributed by atoms with E-state index in [1.807, 2.05) is 0 Å². The maximum Gasteiger partial charge on any atom is 0.434 e. The number of hydrogen-bond acceptors (Lipinski definition) is 3. The molecule has 0 aliphatic heterocycles. The number of ether oxygens (including phenoxy) is 1. The molecule has 1 heterocycles. The Morgan fingerprint density at radius 1 is 1.47 bits per heavy atom. The quantitative estimate of drug-likeness (QED) is 0.800. The fourth-order valence-corrected chi connectivity index (χ4v) is 1.40. The van der Waals surface area contributed by atoms with E-state index in [0.717, 1.165) is 19.2 Å². The fourth-order valence-electron chi connectivity index (χ4n) is 0.886. The van der Waals surface area contributed by atoms with E-state index in [-0.39, 0.29) is 5.88 Å². The summed E-state index contributed by atoms with van der Waals surface area (Å²) >= 11 is -2.74. The second kappa shape index (κ2) is 4.15. The Hall–Kier alpha value is -1.15. The molecular formula is C7H6F3NO3S. The van der Waals surface area contributed by atoms with E-state index in [9.17, 15) is 17.4 Å². The largest absolute Gasteiger partial charge is 0.481 e. The Balaban J connectivity index is 3.36. The van der Waals surface area contributed by atoms with Gasteiger partial charge in [0.05, 0.1) is 12.0 Å². The van der Waals surface area contributed by atoms with Crippen molar-refractivity contribution in [3.63, 3.8) is 0 Å². The zero-order valence-corrected chi connectivity index (χ0v) is 8.22. The first kappa shape index (κ1) is 11.9. The minimum atomic E-state index is -4.79. The summed E-state index contributed by atoms with van der Waals surface area (Å²) in [5, 5.41) is 0. The number of halogens is 3. The first-order valence-corrected chi connectivity index (χ1v) is 4.70. The normalized spacial score (nSPS) is 13.7. The van der Waals surface area contributed by atoms with Crippen molar-refractivity contribution in [3.05, 3.63) is 17.8 Å². The Morgan fingerprint density at radius 3 is 2.47 bits per heavy atom. The van der Waals surface area contributed by atoms with Gasteiger partial charge in [-0.2, -0.15) is 13.2 Å². The van der Waals surface area contributed by atoms with Gasteiger partial charge < -0.3 is 9.29 Å². The van der Waals surface area contributed by atoms with Gasteiger partial charge in [0.1, 0.15) is 0 Å². The molecule has 1 N–H and O–H groups in total. The van der Waals surface area contributed by atoms with Gasteiger partial charge in [-0.05, 0) is 6.07 Å². The highest BCUT2D eigenvalue weighted by Gasteiger charge is 2.37. The van der Waals surface area contributed by atoms with Crippen molar-refractivity contribution in [2.75, 3.05) is 7.11 Å². The molecule has 0 bridgehead atoms. The van der Waals surface area contributed by atoms with Crippen molar-refractivity contribution in [3.8, 4) is 5.88 Å².